The molecule has 0 radical (unpaired) electrons. The van der Waals surface area contributed by atoms with Crippen LogP contribution in [0, 0.1) is 10.1 Å². The summed E-state index contributed by atoms with van der Waals surface area (Å²) in [4.78, 5) is 24.4. The van der Waals surface area contributed by atoms with Crippen molar-refractivity contribution in [2.45, 2.75) is 4.90 Å². The first-order valence-electron chi connectivity index (χ1n) is 8.38. The Balaban J connectivity index is 1.96. The number of hydrogen-bond acceptors (Lipinski definition) is 6. The highest BCUT2D eigenvalue weighted by Gasteiger charge is 2.34. The number of amides is 1. The predicted octanol–water partition coefficient (Wildman–Crippen LogP) is 4.10. The largest absolute Gasteiger partial charge is 0.284 e. The lowest BCUT2D eigenvalue weighted by Gasteiger charge is -2.12. The third-order valence-electron chi connectivity index (χ3n) is 3.91. The van der Waals surface area contributed by atoms with E-state index in [-0.39, 0.29) is 27.2 Å². The quantitative estimate of drug-likeness (QED) is 0.276. The van der Waals surface area contributed by atoms with Gasteiger partial charge in [-0.3, -0.25) is 19.8 Å². The smallest absolute Gasteiger partial charge is 0.282 e. The zero-order valence-electron chi connectivity index (χ0n) is 15.3. The van der Waals surface area contributed by atoms with Crippen LogP contribution in [-0.2, 0) is 14.8 Å². The van der Waals surface area contributed by atoms with E-state index in [0.717, 1.165) is 11.8 Å². The van der Waals surface area contributed by atoms with E-state index in [1.54, 1.807) is 0 Å². The van der Waals surface area contributed by atoms with Crippen molar-refractivity contribution in [2.75, 3.05) is 6.54 Å². The van der Waals surface area contributed by atoms with E-state index < -0.39 is 20.9 Å². The Hall–Kier alpha value is -2.95. The molecule has 0 N–H and O–H groups in total. The molecule has 154 valence electrons. The van der Waals surface area contributed by atoms with Crippen LogP contribution < -0.4 is 0 Å². The third-order valence-corrected chi connectivity index (χ3v) is 6.57. The first kappa shape index (κ1) is 21.8. The zero-order chi connectivity index (χ0) is 21.9. The Morgan fingerprint density at radius 1 is 1.17 bits per heavy atom. The molecule has 0 unspecified atom stereocenters. The first-order valence-corrected chi connectivity index (χ1v) is 11.0. The van der Waals surface area contributed by atoms with Gasteiger partial charge >= 0.3 is 0 Å². The Labute approximate surface area is 181 Å². The maximum Gasteiger partial charge on any atom is 0.284 e. The molecule has 1 amide bonds. The van der Waals surface area contributed by atoms with E-state index in [2.05, 4.69) is 11.0 Å². The van der Waals surface area contributed by atoms with E-state index in [1.807, 2.05) is 0 Å². The molecule has 8 nitrogen and oxygen atoms in total. The standard InChI is InChI=1S/C19H14ClN3O5S2/c1-2-11-22-18(24)17(12-13-3-7-15(8-4-13)23(25)26)29-19(22)21-30(27,28)16-9-5-14(20)6-10-16/h2-10,12H,1,11H2/b17-12-,21-19+. The number of amidine groups is 1. The molecule has 3 rings (SSSR count). The summed E-state index contributed by atoms with van der Waals surface area (Å²) in [5.74, 6) is -0.441. The van der Waals surface area contributed by atoms with Crippen LogP contribution in [0.4, 0.5) is 5.69 Å². The maximum absolute atomic E-state index is 12.7. The summed E-state index contributed by atoms with van der Waals surface area (Å²) in [6, 6.07) is 11.2. The number of carbonyl (C=O) groups excluding carboxylic acids is 1. The third kappa shape index (κ3) is 4.78. The van der Waals surface area contributed by atoms with Gasteiger partial charge in [0.25, 0.3) is 21.6 Å². The average molecular weight is 464 g/mol. The Morgan fingerprint density at radius 2 is 1.80 bits per heavy atom. The van der Waals surface area contributed by atoms with Crippen molar-refractivity contribution in [1.29, 1.82) is 0 Å². The number of rotatable bonds is 6. The molecule has 1 fully saturated rings. The van der Waals surface area contributed by atoms with Crippen molar-refractivity contribution in [3.05, 3.63) is 86.8 Å². The van der Waals surface area contributed by atoms with Crippen LogP contribution in [0.1, 0.15) is 5.56 Å². The summed E-state index contributed by atoms with van der Waals surface area (Å²) in [6.07, 6.45) is 2.97. The van der Waals surface area contributed by atoms with Crippen molar-refractivity contribution in [3.8, 4) is 0 Å². The Kier molecular flexibility index (Phi) is 6.40. The minimum atomic E-state index is -4.07. The molecule has 0 aliphatic carbocycles. The number of nitro benzene ring substituents is 1. The van der Waals surface area contributed by atoms with Gasteiger partial charge in [0.2, 0.25) is 0 Å². The molecule has 30 heavy (non-hydrogen) atoms. The Morgan fingerprint density at radius 3 is 2.37 bits per heavy atom. The van der Waals surface area contributed by atoms with Gasteiger partial charge in [0.15, 0.2) is 5.17 Å². The van der Waals surface area contributed by atoms with Crippen molar-refractivity contribution >= 4 is 56.2 Å². The number of nitrogens with zero attached hydrogens (tertiary/aromatic N) is 3. The molecule has 0 aromatic heterocycles. The fourth-order valence-corrected chi connectivity index (χ4v) is 4.79. The van der Waals surface area contributed by atoms with Gasteiger partial charge in [0, 0.05) is 23.7 Å². The van der Waals surface area contributed by atoms with Crippen LogP contribution in [0.15, 0.2) is 75.4 Å². The number of carbonyl (C=O) groups is 1. The van der Waals surface area contributed by atoms with E-state index in [1.165, 1.54) is 65.6 Å². The number of halogens is 1. The van der Waals surface area contributed by atoms with Gasteiger partial charge in [-0.05, 0) is 59.8 Å². The van der Waals surface area contributed by atoms with Gasteiger partial charge in [-0.2, -0.15) is 8.42 Å². The van der Waals surface area contributed by atoms with Gasteiger partial charge < -0.3 is 0 Å². The van der Waals surface area contributed by atoms with Crippen molar-refractivity contribution in [2.24, 2.45) is 4.40 Å². The second-order valence-electron chi connectivity index (χ2n) is 5.97. The molecular formula is C19H14ClN3O5S2. The molecule has 0 atom stereocenters. The normalized spacial score (nSPS) is 17.0. The Bertz CT molecular complexity index is 1170. The highest BCUT2D eigenvalue weighted by atomic mass is 35.5. The van der Waals surface area contributed by atoms with Crippen molar-refractivity contribution < 1.29 is 18.1 Å². The maximum atomic E-state index is 12.7. The van der Waals surface area contributed by atoms with Crippen LogP contribution in [-0.4, -0.2) is 35.9 Å². The lowest BCUT2D eigenvalue weighted by Crippen LogP contribution is -2.29. The van der Waals surface area contributed by atoms with E-state index in [9.17, 15) is 23.3 Å². The molecular weight excluding hydrogens is 450 g/mol. The summed E-state index contributed by atoms with van der Waals surface area (Å²) in [5, 5.41) is 11.1. The topological polar surface area (TPSA) is 110 Å². The van der Waals surface area contributed by atoms with E-state index in [0.29, 0.717) is 10.6 Å². The number of benzene rings is 2. The molecule has 11 heteroatoms. The molecule has 1 aliphatic heterocycles. The van der Waals surface area contributed by atoms with Gasteiger partial charge in [-0.25, -0.2) is 0 Å². The molecule has 2 aromatic rings. The highest BCUT2D eigenvalue weighted by Crippen LogP contribution is 2.34. The first-order chi connectivity index (χ1) is 14.2. The molecule has 1 aliphatic rings. The van der Waals surface area contributed by atoms with Gasteiger partial charge in [-0.15, -0.1) is 11.0 Å². The van der Waals surface area contributed by atoms with Gasteiger partial charge in [0.05, 0.1) is 14.7 Å². The lowest BCUT2D eigenvalue weighted by atomic mass is 10.2. The molecule has 0 spiro atoms. The molecule has 1 heterocycles. The zero-order valence-corrected chi connectivity index (χ0v) is 17.7. The van der Waals surface area contributed by atoms with Crippen LogP contribution >= 0.6 is 23.4 Å². The number of sulfonamides is 1. The van der Waals surface area contributed by atoms with Crippen LogP contribution in [0.3, 0.4) is 0 Å². The van der Waals surface area contributed by atoms with E-state index in [4.69, 9.17) is 11.6 Å². The van der Waals surface area contributed by atoms with E-state index >= 15 is 0 Å². The fraction of sp³-hybridized carbons (Fsp3) is 0.0526. The number of non-ortho nitro benzene ring substituents is 1. The predicted molar refractivity (Wildman–Crippen MR) is 117 cm³/mol. The highest BCUT2D eigenvalue weighted by molar-refractivity contribution is 8.19. The SMILES string of the molecule is C=CCN1C(=O)/C(=C/c2ccc([N+](=O)[O-])cc2)S/C1=N/S(=O)(=O)c1ccc(Cl)cc1. The fourth-order valence-electron chi connectivity index (χ4n) is 2.47. The molecule has 1 saturated heterocycles. The summed E-state index contributed by atoms with van der Waals surface area (Å²) < 4.78 is 29.1. The number of thioether (sulfide) groups is 1. The minimum absolute atomic E-state index is 0.0111. The monoisotopic (exact) mass is 463 g/mol. The molecule has 0 saturated carbocycles. The summed E-state index contributed by atoms with van der Waals surface area (Å²) in [6.45, 7) is 3.65. The number of nitro groups is 1. The van der Waals surface area contributed by atoms with Gasteiger partial charge in [0.1, 0.15) is 0 Å². The summed E-state index contributed by atoms with van der Waals surface area (Å²) in [5.41, 5.74) is 0.476. The van der Waals surface area contributed by atoms with Gasteiger partial charge in [-0.1, -0.05) is 17.7 Å². The minimum Gasteiger partial charge on any atom is -0.282 e. The number of hydrogen-bond donors (Lipinski definition) is 0. The average Bonchev–Trinajstić information content (AvgIpc) is 2.97. The second-order valence-corrected chi connectivity index (χ2v) is 9.02. The second kappa shape index (κ2) is 8.82. The van der Waals surface area contributed by atoms with Crippen LogP contribution in [0.2, 0.25) is 5.02 Å². The summed E-state index contributed by atoms with van der Waals surface area (Å²) >= 11 is 6.69. The van der Waals surface area contributed by atoms with Crippen molar-refractivity contribution in [3.63, 3.8) is 0 Å². The van der Waals surface area contributed by atoms with Crippen LogP contribution in [0.5, 0.6) is 0 Å². The summed E-state index contributed by atoms with van der Waals surface area (Å²) in [7, 11) is -4.07. The van der Waals surface area contributed by atoms with Crippen LogP contribution in [0.25, 0.3) is 6.08 Å². The molecule has 2 aromatic carbocycles. The lowest BCUT2D eigenvalue weighted by molar-refractivity contribution is -0.384. The van der Waals surface area contributed by atoms with Crippen molar-refractivity contribution in [1.82, 2.24) is 4.90 Å². The molecule has 0 bridgehead atoms.